The van der Waals surface area contributed by atoms with E-state index in [-0.39, 0.29) is 5.92 Å². The molecule has 8 heteroatoms. The van der Waals surface area contributed by atoms with Crippen LogP contribution in [0.2, 0.25) is 0 Å². The number of morpholine rings is 1. The zero-order valence-corrected chi connectivity index (χ0v) is 12.4. The third-order valence-electron chi connectivity index (χ3n) is 3.88. The van der Waals surface area contributed by atoms with Gasteiger partial charge in [-0.2, -0.15) is 17.0 Å². The van der Waals surface area contributed by atoms with Gasteiger partial charge in [0.05, 0.1) is 13.2 Å². The van der Waals surface area contributed by atoms with E-state index in [2.05, 4.69) is 9.97 Å². The lowest BCUT2D eigenvalue weighted by Gasteiger charge is -2.30. The van der Waals surface area contributed by atoms with Gasteiger partial charge in [-0.3, -0.25) is 0 Å². The van der Waals surface area contributed by atoms with Gasteiger partial charge in [0.15, 0.2) is 0 Å². The van der Waals surface area contributed by atoms with Crippen molar-refractivity contribution in [3.8, 4) is 0 Å². The number of aromatic nitrogens is 2. The summed E-state index contributed by atoms with van der Waals surface area (Å²) in [5.41, 5.74) is 1.01. The second-order valence-electron chi connectivity index (χ2n) is 5.31. The minimum atomic E-state index is -3.35. The first kappa shape index (κ1) is 14.0. The minimum Gasteiger partial charge on any atom is -0.379 e. The first-order valence-electron chi connectivity index (χ1n) is 6.92. The molecule has 0 bridgehead atoms. The molecule has 0 saturated carbocycles. The largest absolute Gasteiger partial charge is 0.379 e. The SMILES string of the molecule is Cc1cnc(C2CCN(S(=O)(=O)N3CCOCC3)C2)[nH]1. The van der Waals surface area contributed by atoms with Crippen LogP contribution in [-0.4, -0.2) is 66.4 Å². The van der Waals surface area contributed by atoms with Crippen molar-refractivity contribution in [3.05, 3.63) is 17.7 Å². The molecule has 3 rings (SSSR count). The van der Waals surface area contributed by atoms with Crippen LogP contribution in [0.4, 0.5) is 0 Å². The molecule has 1 N–H and O–H groups in total. The fourth-order valence-corrected chi connectivity index (χ4v) is 4.38. The molecule has 0 spiro atoms. The maximum atomic E-state index is 12.5. The molecule has 1 aromatic rings. The van der Waals surface area contributed by atoms with E-state index in [4.69, 9.17) is 4.74 Å². The van der Waals surface area contributed by atoms with E-state index in [0.29, 0.717) is 39.4 Å². The van der Waals surface area contributed by atoms with E-state index in [1.54, 1.807) is 10.5 Å². The summed E-state index contributed by atoms with van der Waals surface area (Å²) in [5, 5.41) is 0. The van der Waals surface area contributed by atoms with E-state index in [0.717, 1.165) is 17.9 Å². The molecule has 0 aromatic carbocycles. The summed E-state index contributed by atoms with van der Waals surface area (Å²) >= 11 is 0. The summed E-state index contributed by atoms with van der Waals surface area (Å²) in [6.45, 7) is 4.87. The number of rotatable bonds is 3. The number of hydrogen-bond acceptors (Lipinski definition) is 4. The zero-order valence-electron chi connectivity index (χ0n) is 11.6. The van der Waals surface area contributed by atoms with Crippen molar-refractivity contribution in [2.24, 2.45) is 0 Å². The van der Waals surface area contributed by atoms with Gasteiger partial charge in [-0.25, -0.2) is 4.98 Å². The van der Waals surface area contributed by atoms with Crippen molar-refractivity contribution in [2.75, 3.05) is 39.4 Å². The average molecular weight is 300 g/mol. The standard InChI is InChI=1S/C12H20N4O3S/c1-10-8-13-12(14-10)11-2-3-16(9-11)20(17,18)15-4-6-19-7-5-15/h8,11H,2-7,9H2,1H3,(H,13,14). The van der Waals surface area contributed by atoms with Gasteiger partial charge in [-0.1, -0.05) is 0 Å². The highest BCUT2D eigenvalue weighted by molar-refractivity contribution is 7.86. The van der Waals surface area contributed by atoms with Gasteiger partial charge < -0.3 is 9.72 Å². The second-order valence-corrected chi connectivity index (χ2v) is 7.24. The number of aromatic amines is 1. The molecule has 3 heterocycles. The molecule has 0 aliphatic carbocycles. The predicted octanol–water partition coefficient (Wildman–Crippen LogP) is 0.0844. The van der Waals surface area contributed by atoms with Gasteiger partial charge in [0.25, 0.3) is 10.2 Å². The summed E-state index contributed by atoms with van der Waals surface area (Å²) in [7, 11) is -3.35. The Labute approximate surface area is 119 Å². The van der Waals surface area contributed by atoms with Crippen molar-refractivity contribution in [2.45, 2.75) is 19.3 Å². The third-order valence-corrected chi connectivity index (χ3v) is 5.88. The first-order chi connectivity index (χ1) is 9.57. The lowest BCUT2D eigenvalue weighted by atomic mass is 10.1. The molecule has 1 atom stereocenters. The number of H-pyrrole nitrogens is 1. The normalized spacial score (nSPS) is 26.1. The van der Waals surface area contributed by atoms with Gasteiger partial charge in [-0.15, -0.1) is 0 Å². The summed E-state index contributed by atoms with van der Waals surface area (Å²) in [5.74, 6) is 1.06. The van der Waals surface area contributed by atoms with Crippen LogP contribution < -0.4 is 0 Å². The van der Waals surface area contributed by atoms with Crippen LogP contribution in [0.3, 0.4) is 0 Å². The van der Waals surface area contributed by atoms with Crippen LogP contribution in [0, 0.1) is 6.92 Å². The van der Waals surface area contributed by atoms with Gasteiger partial charge >= 0.3 is 0 Å². The Hall–Kier alpha value is -0.960. The van der Waals surface area contributed by atoms with Crippen LogP contribution in [0.5, 0.6) is 0 Å². The van der Waals surface area contributed by atoms with Crippen LogP contribution in [-0.2, 0) is 14.9 Å². The van der Waals surface area contributed by atoms with Crippen LogP contribution in [0.25, 0.3) is 0 Å². The lowest BCUT2D eigenvalue weighted by molar-refractivity contribution is 0.0705. The van der Waals surface area contributed by atoms with E-state index < -0.39 is 10.2 Å². The average Bonchev–Trinajstić information content (AvgIpc) is 3.08. The number of aryl methyl sites for hydroxylation is 1. The van der Waals surface area contributed by atoms with Crippen molar-refractivity contribution >= 4 is 10.2 Å². The summed E-state index contributed by atoms with van der Waals surface area (Å²) in [6.07, 6.45) is 2.60. The van der Waals surface area contributed by atoms with Crippen LogP contribution >= 0.6 is 0 Å². The molecule has 2 aliphatic rings. The molecule has 0 radical (unpaired) electrons. The smallest absolute Gasteiger partial charge is 0.282 e. The quantitative estimate of drug-likeness (QED) is 0.858. The van der Waals surface area contributed by atoms with Gasteiger partial charge in [0.2, 0.25) is 0 Å². The van der Waals surface area contributed by atoms with Crippen LogP contribution in [0.1, 0.15) is 23.9 Å². The Morgan fingerprint density at radius 3 is 2.70 bits per heavy atom. The molecule has 2 aliphatic heterocycles. The zero-order chi connectivity index (χ0) is 14.2. The van der Waals surface area contributed by atoms with Crippen molar-refractivity contribution in [1.29, 1.82) is 0 Å². The molecule has 112 valence electrons. The second kappa shape index (κ2) is 5.44. The van der Waals surface area contributed by atoms with Gasteiger partial charge in [0.1, 0.15) is 5.82 Å². The third kappa shape index (κ3) is 2.60. The number of imidazole rings is 1. The topological polar surface area (TPSA) is 78.5 Å². The molecule has 2 saturated heterocycles. The number of nitrogens with zero attached hydrogens (tertiary/aromatic N) is 3. The molecular weight excluding hydrogens is 280 g/mol. The highest BCUT2D eigenvalue weighted by Crippen LogP contribution is 2.28. The van der Waals surface area contributed by atoms with E-state index in [1.807, 2.05) is 6.92 Å². The van der Waals surface area contributed by atoms with E-state index in [1.165, 1.54) is 4.31 Å². The Balaban J connectivity index is 1.69. The molecule has 1 unspecified atom stereocenters. The summed E-state index contributed by atoms with van der Waals surface area (Å²) in [4.78, 5) is 7.52. The molecule has 0 amide bonds. The maximum absolute atomic E-state index is 12.5. The lowest BCUT2D eigenvalue weighted by Crippen LogP contribution is -2.47. The Kier molecular flexibility index (Phi) is 3.80. The Morgan fingerprint density at radius 2 is 2.05 bits per heavy atom. The van der Waals surface area contributed by atoms with E-state index >= 15 is 0 Å². The maximum Gasteiger partial charge on any atom is 0.282 e. The number of ether oxygens (including phenoxy) is 1. The van der Waals surface area contributed by atoms with Gasteiger partial charge in [-0.05, 0) is 13.3 Å². The summed E-state index contributed by atoms with van der Waals surface area (Å²) in [6, 6.07) is 0. The minimum absolute atomic E-state index is 0.166. The van der Waals surface area contributed by atoms with Crippen molar-refractivity contribution < 1.29 is 13.2 Å². The van der Waals surface area contributed by atoms with Gasteiger partial charge in [0, 0.05) is 44.0 Å². The molecule has 1 aromatic heterocycles. The highest BCUT2D eigenvalue weighted by atomic mass is 32.2. The Morgan fingerprint density at radius 1 is 1.30 bits per heavy atom. The number of hydrogen-bond donors (Lipinski definition) is 1. The number of nitrogens with one attached hydrogen (secondary N) is 1. The first-order valence-corrected chi connectivity index (χ1v) is 8.31. The predicted molar refractivity (Wildman–Crippen MR) is 73.6 cm³/mol. The van der Waals surface area contributed by atoms with Crippen molar-refractivity contribution in [3.63, 3.8) is 0 Å². The fourth-order valence-electron chi connectivity index (χ4n) is 2.74. The Bertz CT molecular complexity index is 565. The molecular formula is C12H20N4O3S. The van der Waals surface area contributed by atoms with E-state index in [9.17, 15) is 8.42 Å². The van der Waals surface area contributed by atoms with Crippen molar-refractivity contribution in [1.82, 2.24) is 18.6 Å². The fraction of sp³-hybridized carbons (Fsp3) is 0.750. The highest BCUT2D eigenvalue weighted by Gasteiger charge is 2.37. The summed E-state index contributed by atoms with van der Waals surface area (Å²) < 4.78 is 33.4. The molecule has 2 fully saturated rings. The molecule has 7 nitrogen and oxygen atoms in total. The van der Waals surface area contributed by atoms with Crippen LogP contribution in [0.15, 0.2) is 6.20 Å². The molecule has 20 heavy (non-hydrogen) atoms. The monoisotopic (exact) mass is 300 g/mol.